The quantitative estimate of drug-likeness (QED) is 0.736. The van der Waals surface area contributed by atoms with Crippen LogP contribution in [0.5, 0.6) is 5.88 Å². The minimum atomic E-state index is -0.407. The Morgan fingerprint density at radius 1 is 1.29 bits per heavy atom. The fourth-order valence-corrected chi connectivity index (χ4v) is 3.62. The van der Waals surface area contributed by atoms with Gasteiger partial charge in [0, 0.05) is 6.07 Å². The summed E-state index contributed by atoms with van der Waals surface area (Å²) in [6, 6.07) is 7.35. The molecule has 1 amide bonds. The second-order valence-corrected chi connectivity index (χ2v) is 6.75. The molecule has 5 nitrogen and oxygen atoms in total. The van der Waals surface area contributed by atoms with E-state index in [2.05, 4.69) is 27.4 Å². The Hall–Kier alpha value is -2.18. The second-order valence-electron chi connectivity index (χ2n) is 5.31. The van der Waals surface area contributed by atoms with Gasteiger partial charge in [-0.3, -0.25) is 10.1 Å². The van der Waals surface area contributed by atoms with Gasteiger partial charge in [-0.2, -0.15) is 0 Å². The van der Waals surface area contributed by atoms with Crippen molar-refractivity contribution in [3.63, 3.8) is 0 Å². The number of aromatic nitrogens is 2. The highest BCUT2D eigenvalue weighted by molar-refractivity contribution is 7.22. The molecular weight excluding hydrogens is 346 g/mol. The molecule has 7 heteroatoms. The number of ether oxygens (including phenoxy) is 1. The van der Waals surface area contributed by atoms with Gasteiger partial charge in [-0.25, -0.2) is 9.97 Å². The van der Waals surface area contributed by atoms with Crippen molar-refractivity contribution in [2.24, 2.45) is 0 Å². The number of anilines is 1. The van der Waals surface area contributed by atoms with Crippen LogP contribution in [0.2, 0.25) is 5.02 Å². The van der Waals surface area contributed by atoms with Crippen molar-refractivity contribution >= 4 is 44.2 Å². The highest BCUT2D eigenvalue weighted by Crippen LogP contribution is 2.30. The van der Waals surface area contributed by atoms with Gasteiger partial charge in [0.05, 0.1) is 21.8 Å². The summed E-state index contributed by atoms with van der Waals surface area (Å²) >= 11 is 7.51. The van der Waals surface area contributed by atoms with E-state index >= 15 is 0 Å². The maximum atomic E-state index is 12.5. The van der Waals surface area contributed by atoms with Gasteiger partial charge in [0.2, 0.25) is 5.88 Å². The number of nitrogens with zero attached hydrogens (tertiary/aromatic N) is 2. The Labute approximate surface area is 148 Å². The lowest BCUT2D eigenvalue weighted by molar-refractivity contribution is 0.102. The number of thiazole rings is 1. The number of pyridine rings is 1. The van der Waals surface area contributed by atoms with E-state index < -0.39 is 5.91 Å². The normalized spacial score (nSPS) is 10.8. The van der Waals surface area contributed by atoms with Crippen LogP contribution in [-0.2, 0) is 0 Å². The van der Waals surface area contributed by atoms with E-state index in [0.717, 1.165) is 21.3 Å². The number of hydrogen-bond donors (Lipinski definition) is 1. The summed E-state index contributed by atoms with van der Waals surface area (Å²) < 4.78 is 6.35. The molecular formula is C17H16ClN3O2S. The van der Waals surface area contributed by atoms with Crippen LogP contribution in [0.1, 0.15) is 28.5 Å². The highest BCUT2D eigenvalue weighted by Gasteiger charge is 2.16. The van der Waals surface area contributed by atoms with Gasteiger partial charge in [0.15, 0.2) is 10.8 Å². The molecule has 0 radical (unpaired) electrons. The molecule has 1 N–H and O–H groups in total. The molecule has 0 spiro atoms. The van der Waals surface area contributed by atoms with Crippen molar-refractivity contribution in [1.82, 2.24) is 9.97 Å². The van der Waals surface area contributed by atoms with Gasteiger partial charge in [-0.15, -0.1) is 0 Å². The highest BCUT2D eigenvalue weighted by atomic mass is 35.5. The monoisotopic (exact) mass is 361 g/mol. The molecule has 0 aliphatic heterocycles. The van der Waals surface area contributed by atoms with Crippen LogP contribution in [0.3, 0.4) is 0 Å². The number of halogens is 1. The topological polar surface area (TPSA) is 64.1 Å². The number of nitrogens with one attached hydrogen (secondary N) is 1. The van der Waals surface area contributed by atoms with E-state index in [1.165, 1.54) is 11.3 Å². The molecule has 0 aliphatic rings. The maximum absolute atomic E-state index is 12.5. The van der Waals surface area contributed by atoms with Crippen LogP contribution in [0.25, 0.3) is 10.2 Å². The van der Waals surface area contributed by atoms with Crippen LogP contribution in [0.15, 0.2) is 24.3 Å². The zero-order chi connectivity index (χ0) is 17.3. The summed E-state index contributed by atoms with van der Waals surface area (Å²) in [5.74, 6) is -0.0437. The number of fused-ring (bicyclic) bond motifs is 1. The van der Waals surface area contributed by atoms with Crippen LogP contribution >= 0.6 is 22.9 Å². The predicted molar refractivity (Wildman–Crippen MR) is 97.5 cm³/mol. The molecule has 0 saturated heterocycles. The molecule has 0 atom stereocenters. The summed E-state index contributed by atoms with van der Waals surface area (Å²) in [6.45, 7) is 6.35. The zero-order valence-corrected chi connectivity index (χ0v) is 15.1. The summed E-state index contributed by atoms with van der Waals surface area (Å²) in [6.07, 6.45) is 0. The minimum absolute atomic E-state index is 0.120. The van der Waals surface area contributed by atoms with Gasteiger partial charge in [-0.05, 0) is 44.0 Å². The molecule has 1 aromatic carbocycles. The van der Waals surface area contributed by atoms with E-state index in [-0.39, 0.29) is 10.7 Å². The molecule has 24 heavy (non-hydrogen) atoms. The molecule has 3 rings (SSSR count). The number of hydrogen-bond acceptors (Lipinski definition) is 5. The van der Waals surface area contributed by atoms with Crippen molar-refractivity contribution in [2.75, 3.05) is 11.9 Å². The van der Waals surface area contributed by atoms with Crippen LogP contribution < -0.4 is 10.1 Å². The SMILES string of the molecule is CCOc1ccc(Cl)c(C(=O)Nc2nc3c(C)cc(C)cc3s2)n1. The first kappa shape index (κ1) is 16.7. The van der Waals surface area contributed by atoms with Crippen molar-refractivity contribution in [3.05, 3.63) is 46.1 Å². The Balaban J connectivity index is 1.90. The van der Waals surface area contributed by atoms with Gasteiger partial charge >= 0.3 is 0 Å². The lowest BCUT2D eigenvalue weighted by Gasteiger charge is -2.06. The molecule has 0 aliphatic carbocycles. The molecule has 0 fully saturated rings. The summed E-state index contributed by atoms with van der Waals surface area (Å²) in [5, 5.41) is 3.56. The largest absolute Gasteiger partial charge is 0.478 e. The molecule has 3 aromatic rings. The van der Waals surface area contributed by atoms with Crippen molar-refractivity contribution in [1.29, 1.82) is 0 Å². The van der Waals surface area contributed by atoms with Gasteiger partial charge in [-0.1, -0.05) is 29.0 Å². The van der Waals surface area contributed by atoms with Gasteiger partial charge < -0.3 is 4.74 Å². The molecule has 0 bridgehead atoms. The first-order valence-electron chi connectivity index (χ1n) is 7.46. The number of aryl methyl sites for hydroxylation is 2. The maximum Gasteiger partial charge on any atom is 0.277 e. The Kier molecular flexibility index (Phi) is 4.69. The third-order valence-electron chi connectivity index (χ3n) is 3.38. The number of rotatable bonds is 4. The Bertz CT molecular complexity index is 924. The molecule has 2 heterocycles. The zero-order valence-electron chi connectivity index (χ0n) is 13.5. The van der Waals surface area contributed by atoms with Crippen LogP contribution in [-0.4, -0.2) is 22.5 Å². The molecule has 0 saturated carbocycles. The first-order valence-corrected chi connectivity index (χ1v) is 8.66. The molecule has 0 unspecified atom stereocenters. The third kappa shape index (κ3) is 3.34. The van der Waals surface area contributed by atoms with Crippen LogP contribution in [0.4, 0.5) is 5.13 Å². The number of carbonyl (C=O) groups is 1. The second kappa shape index (κ2) is 6.75. The summed E-state index contributed by atoms with van der Waals surface area (Å²) in [7, 11) is 0. The van der Waals surface area contributed by atoms with E-state index in [0.29, 0.717) is 17.6 Å². The molecule has 2 aromatic heterocycles. The number of carbonyl (C=O) groups excluding carboxylic acids is 1. The first-order chi connectivity index (χ1) is 11.5. The fraction of sp³-hybridized carbons (Fsp3) is 0.235. The molecule has 124 valence electrons. The predicted octanol–water partition coefficient (Wildman–Crippen LogP) is 4.61. The smallest absolute Gasteiger partial charge is 0.277 e. The Morgan fingerprint density at radius 2 is 2.08 bits per heavy atom. The lowest BCUT2D eigenvalue weighted by Crippen LogP contribution is -2.14. The average molecular weight is 362 g/mol. The van der Waals surface area contributed by atoms with Crippen molar-refractivity contribution in [2.45, 2.75) is 20.8 Å². The lowest BCUT2D eigenvalue weighted by atomic mass is 10.1. The van der Waals surface area contributed by atoms with Crippen molar-refractivity contribution < 1.29 is 9.53 Å². The van der Waals surface area contributed by atoms with Crippen molar-refractivity contribution in [3.8, 4) is 5.88 Å². The van der Waals surface area contributed by atoms with E-state index in [1.807, 2.05) is 20.8 Å². The fourth-order valence-electron chi connectivity index (χ4n) is 2.39. The van der Waals surface area contributed by atoms with Gasteiger partial charge in [0.25, 0.3) is 5.91 Å². The van der Waals surface area contributed by atoms with E-state index in [4.69, 9.17) is 16.3 Å². The minimum Gasteiger partial charge on any atom is -0.478 e. The van der Waals surface area contributed by atoms with E-state index in [9.17, 15) is 4.79 Å². The van der Waals surface area contributed by atoms with Gasteiger partial charge in [0.1, 0.15) is 0 Å². The van der Waals surface area contributed by atoms with E-state index in [1.54, 1.807) is 12.1 Å². The summed E-state index contributed by atoms with van der Waals surface area (Å²) in [4.78, 5) is 21.1. The number of benzene rings is 1. The Morgan fingerprint density at radius 3 is 2.83 bits per heavy atom. The summed E-state index contributed by atoms with van der Waals surface area (Å²) in [5.41, 5.74) is 3.25. The number of amides is 1. The van der Waals surface area contributed by atoms with Crippen LogP contribution in [0, 0.1) is 13.8 Å². The standard InChI is InChI=1S/C17H16ClN3O2S/c1-4-23-13-6-5-11(18)15(19-13)16(22)21-17-20-14-10(3)7-9(2)8-12(14)24-17/h5-8H,4H2,1-3H3,(H,20,21,22). The third-order valence-corrected chi connectivity index (χ3v) is 4.60. The average Bonchev–Trinajstić information content (AvgIpc) is 2.92.